The number of nitrogens with one attached hydrogen (secondary N) is 1. The van der Waals surface area contributed by atoms with Gasteiger partial charge in [0.15, 0.2) is 0 Å². The maximum absolute atomic E-state index is 13.0. The molecule has 0 unspecified atom stereocenters. The molecule has 2 aliphatic heterocycles. The van der Waals surface area contributed by atoms with Crippen molar-refractivity contribution in [3.05, 3.63) is 17.8 Å². The van der Waals surface area contributed by atoms with Crippen LogP contribution in [0.4, 0.5) is 10.1 Å². The van der Waals surface area contributed by atoms with Crippen LogP contribution in [0.15, 0.2) is 12.1 Å². The van der Waals surface area contributed by atoms with Crippen molar-refractivity contribution < 1.29 is 32.9 Å². The Morgan fingerprint density at radius 3 is 2.56 bits per heavy atom. The number of ether oxygens (including phenoxy) is 4. The predicted octanol–water partition coefficient (Wildman–Crippen LogP) is 1.74. The second-order valence-electron chi connectivity index (χ2n) is 8.07. The first kappa shape index (κ1) is 24.2. The maximum Gasteiger partial charge on any atom is 0.331 e. The van der Waals surface area contributed by atoms with Crippen molar-refractivity contribution in [3.8, 4) is 5.88 Å². The fourth-order valence-corrected chi connectivity index (χ4v) is 3.59. The lowest BCUT2D eigenvalue weighted by Crippen LogP contribution is -2.55. The third-order valence-electron chi connectivity index (χ3n) is 6.02. The van der Waals surface area contributed by atoms with E-state index in [0.717, 1.165) is 5.69 Å². The van der Waals surface area contributed by atoms with Gasteiger partial charge in [-0.05, 0) is 25.0 Å². The maximum atomic E-state index is 13.0. The lowest BCUT2D eigenvalue weighted by atomic mass is 9.92. The number of alkyl halides is 1. The summed E-state index contributed by atoms with van der Waals surface area (Å²) in [5.74, 6) is -0.522. The second-order valence-corrected chi connectivity index (χ2v) is 8.07. The van der Waals surface area contributed by atoms with Gasteiger partial charge in [-0.1, -0.05) is 13.8 Å². The average molecular weight is 454 g/mol. The van der Waals surface area contributed by atoms with E-state index >= 15 is 0 Å². The fraction of sp³-hybridized carbons (Fsp3) is 0.682. The molecular weight excluding hydrogens is 421 g/mol. The molecule has 1 aromatic rings. The van der Waals surface area contributed by atoms with E-state index in [0.29, 0.717) is 57.5 Å². The van der Waals surface area contributed by atoms with Crippen LogP contribution in [0.1, 0.15) is 37.2 Å². The van der Waals surface area contributed by atoms with Gasteiger partial charge in [-0.2, -0.15) is 0 Å². The highest BCUT2D eigenvalue weighted by atomic mass is 19.1. The number of halogens is 1. The van der Waals surface area contributed by atoms with Gasteiger partial charge in [0.25, 0.3) is 5.91 Å². The Balaban J connectivity index is 1.77. The van der Waals surface area contributed by atoms with Crippen LogP contribution in [0, 0.1) is 5.92 Å². The Kier molecular flexibility index (Phi) is 8.25. The zero-order valence-corrected chi connectivity index (χ0v) is 18.9. The van der Waals surface area contributed by atoms with Crippen molar-refractivity contribution in [2.24, 2.45) is 5.92 Å². The molecule has 0 saturated carbocycles. The standard InChI is InChI=1S/C22H32FN3O6/c1-4-22(5-2,21(28)31-9-8-23)25-19(27)17-6-7-18(26-10-16(11-26)29-3)20(24-17)32-14-15-12-30-13-15/h6-7,15-16H,4-5,8-14H2,1-3H3,(H,25,27). The first-order chi connectivity index (χ1) is 15.5. The van der Waals surface area contributed by atoms with Crippen LogP contribution < -0.4 is 15.0 Å². The monoisotopic (exact) mass is 453 g/mol. The Labute approximate surface area is 187 Å². The van der Waals surface area contributed by atoms with Crippen LogP contribution in [0.25, 0.3) is 0 Å². The first-order valence-electron chi connectivity index (χ1n) is 11.0. The number of hydrogen-bond acceptors (Lipinski definition) is 8. The molecule has 2 saturated heterocycles. The number of hydrogen-bond donors (Lipinski definition) is 1. The molecule has 10 heteroatoms. The zero-order valence-electron chi connectivity index (χ0n) is 18.9. The number of anilines is 1. The molecule has 1 aromatic heterocycles. The predicted molar refractivity (Wildman–Crippen MR) is 115 cm³/mol. The quantitative estimate of drug-likeness (QED) is 0.478. The summed E-state index contributed by atoms with van der Waals surface area (Å²) in [7, 11) is 1.67. The van der Waals surface area contributed by atoms with Gasteiger partial charge in [-0.15, -0.1) is 0 Å². The molecule has 0 aromatic carbocycles. The van der Waals surface area contributed by atoms with Crippen LogP contribution >= 0.6 is 0 Å². The number of carbonyl (C=O) groups is 2. The van der Waals surface area contributed by atoms with Gasteiger partial charge in [-0.25, -0.2) is 14.2 Å². The highest BCUT2D eigenvalue weighted by Crippen LogP contribution is 2.32. The van der Waals surface area contributed by atoms with Gasteiger partial charge in [0, 0.05) is 26.1 Å². The number of amides is 1. The summed E-state index contributed by atoms with van der Waals surface area (Å²) in [5.41, 5.74) is -0.336. The second kappa shape index (κ2) is 10.9. The van der Waals surface area contributed by atoms with E-state index in [9.17, 15) is 14.0 Å². The van der Waals surface area contributed by atoms with E-state index in [1.165, 1.54) is 0 Å². The van der Waals surface area contributed by atoms with E-state index in [1.54, 1.807) is 33.1 Å². The smallest absolute Gasteiger partial charge is 0.331 e. The molecule has 32 heavy (non-hydrogen) atoms. The van der Waals surface area contributed by atoms with Crippen molar-refractivity contribution >= 4 is 17.6 Å². The summed E-state index contributed by atoms with van der Waals surface area (Å²) in [6.45, 7) is 5.55. The minimum Gasteiger partial charge on any atom is -0.476 e. The molecule has 3 heterocycles. The van der Waals surface area contributed by atoms with Crippen molar-refractivity contribution in [1.82, 2.24) is 10.3 Å². The molecule has 1 amide bonds. The number of rotatable bonds is 12. The van der Waals surface area contributed by atoms with Crippen molar-refractivity contribution in [2.45, 2.75) is 38.3 Å². The summed E-state index contributed by atoms with van der Waals surface area (Å²) in [6.07, 6.45) is 0.752. The molecule has 2 fully saturated rings. The van der Waals surface area contributed by atoms with E-state index in [4.69, 9.17) is 18.9 Å². The minimum absolute atomic E-state index is 0.127. The third kappa shape index (κ3) is 5.29. The van der Waals surface area contributed by atoms with Crippen molar-refractivity contribution in [3.63, 3.8) is 0 Å². The van der Waals surface area contributed by atoms with Gasteiger partial charge >= 0.3 is 5.97 Å². The minimum atomic E-state index is -1.25. The SMILES string of the molecule is CCC(CC)(NC(=O)c1ccc(N2CC(OC)C2)c(OCC2COC2)n1)C(=O)OCCF. The molecule has 0 aliphatic carbocycles. The Morgan fingerprint density at radius 2 is 2.00 bits per heavy atom. The number of nitrogens with zero attached hydrogens (tertiary/aromatic N) is 2. The number of pyridine rings is 1. The molecule has 1 N–H and O–H groups in total. The molecule has 0 spiro atoms. The number of aromatic nitrogens is 1. The summed E-state index contributed by atoms with van der Waals surface area (Å²) in [6, 6.07) is 3.40. The first-order valence-corrected chi connectivity index (χ1v) is 11.0. The summed E-state index contributed by atoms with van der Waals surface area (Å²) in [5, 5.41) is 2.75. The van der Waals surface area contributed by atoms with Crippen LogP contribution in [0.2, 0.25) is 0 Å². The number of esters is 1. The van der Waals surface area contributed by atoms with Gasteiger partial charge in [0.05, 0.1) is 25.9 Å². The third-order valence-corrected chi connectivity index (χ3v) is 6.02. The van der Waals surface area contributed by atoms with Crippen molar-refractivity contribution in [2.75, 3.05) is 58.2 Å². The van der Waals surface area contributed by atoms with Gasteiger partial charge < -0.3 is 29.2 Å². The normalized spacial score (nSPS) is 16.8. The highest BCUT2D eigenvalue weighted by molar-refractivity contribution is 5.97. The molecule has 2 aliphatic rings. The molecule has 0 atom stereocenters. The van der Waals surface area contributed by atoms with E-state index in [-0.39, 0.29) is 18.4 Å². The largest absolute Gasteiger partial charge is 0.476 e. The van der Waals surface area contributed by atoms with Crippen LogP contribution in [-0.4, -0.2) is 81.8 Å². The highest BCUT2D eigenvalue weighted by Gasteiger charge is 2.39. The van der Waals surface area contributed by atoms with Gasteiger partial charge in [-0.3, -0.25) is 4.79 Å². The number of methoxy groups -OCH3 is 1. The average Bonchev–Trinajstić information content (AvgIpc) is 2.74. The van der Waals surface area contributed by atoms with Crippen LogP contribution in [0.5, 0.6) is 5.88 Å². The number of carbonyl (C=O) groups excluding carboxylic acids is 2. The fourth-order valence-electron chi connectivity index (χ4n) is 3.59. The molecule has 178 valence electrons. The van der Waals surface area contributed by atoms with E-state index in [2.05, 4.69) is 15.2 Å². The summed E-state index contributed by atoms with van der Waals surface area (Å²) >= 11 is 0. The van der Waals surface area contributed by atoms with Gasteiger partial charge in [0.1, 0.15) is 30.2 Å². The van der Waals surface area contributed by atoms with Crippen LogP contribution in [0.3, 0.4) is 0 Å². The molecule has 0 bridgehead atoms. The molecular formula is C22H32FN3O6. The van der Waals surface area contributed by atoms with E-state index < -0.39 is 24.1 Å². The molecule has 3 rings (SSSR count). The summed E-state index contributed by atoms with van der Waals surface area (Å²) in [4.78, 5) is 32.1. The topological polar surface area (TPSA) is 99.2 Å². The Hall–Kier alpha value is -2.46. The zero-order chi connectivity index (χ0) is 23.1. The van der Waals surface area contributed by atoms with Gasteiger partial charge in [0.2, 0.25) is 5.88 Å². The molecule has 0 radical (unpaired) electrons. The Bertz CT molecular complexity index is 794. The van der Waals surface area contributed by atoms with Crippen molar-refractivity contribution in [1.29, 1.82) is 0 Å². The lowest BCUT2D eigenvalue weighted by Gasteiger charge is -2.40. The Morgan fingerprint density at radius 1 is 1.28 bits per heavy atom. The molecule has 9 nitrogen and oxygen atoms in total. The lowest BCUT2D eigenvalue weighted by molar-refractivity contribution is -0.152. The van der Waals surface area contributed by atoms with Crippen LogP contribution in [-0.2, 0) is 19.0 Å². The summed E-state index contributed by atoms with van der Waals surface area (Å²) < 4.78 is 33.9. The van der Waals surface area contributed by atoms with E-state index in [1.807, 2.05) is 0 Å².